The standard InChI is InChI=1S/C30H32.C19H25N.2C18H24N2.C17H23N.C13H21N.2CH4/c1-29(2,3)23-15-11-21(12-16-23)25-19-20-26(28-10-8-7-9-27(25)28)22-13-17-24(18-14-22)30(4,5)6;1-18(2,3)15-9-7-14(8-10-15)17-12-11-16(13-20-17)19(4,5)6;1-17(2,3)14-9-7-13(8-10-14)15-11-20-16(12-19-15)18(4,5)6;1-17(2,3)14-9-7-13(8-10-14)15-16(18(4,5)6)20-12-11-19-15;1-16(2,3)14-11-18-15(17(4,5)6)13-10-8-7-9-12(13)14;1-12(2,3)10-7-8-11(14-9-10)13(4,5)6;;/h7-20H,1-6H3;7-13H,1-6H3;2*7-12H,1-6H3;7-11H,1-6H3;7-9H,1-6H3;2*1H4. The molecule has 0 aliphatic rings. The van der Waals surface area contributed by atoms with E-state index in [2.05, 4.69) is 492 Å². The number of rotatable bonds is 5. The largest absolute Gasteiger partial charge is 0.260 e. The number of benzene rings is 8. The zero-order chi connectivity index (χ0) is 91.0. The molecule has 5 heterocycles. The molecule has 660 valence electrons. The maximum atomic E-state index is 4.74. The summed E-state index contributed by atoms with van der Waals surface area (Å²) < 4.78 is 0. The molecular formula is C117H157N7. The van der Waals surface area contributed by atoms with Crippen LogP contribution in [0.4, 0.5) is 0 Å². The van der Waals surface area contributed by atoms with E-state index in [4.69, 9.17) is 4.98 Å². The molecule has 0 atom stereocenters. The van der Waals surface area contributed by atoms with Crippen molar-refractivity contribution < 1.29 is 0 Å². The summed E-state index contributed by atoms with van der Waals surface area (Å²) in [5, 5.41) is 5.24. The molecule has 0 aliphatic heterocycles. The molecule has 0 N–H and O–H groups in total. The van der Waals surface area contributed by atoms with E-state index in [0.29, 0.717) is 0 Å². The van der Waals surface area contributed by atoms with Crippen LogP contribution in [0.5, 0.6) is 0 Å². The van der Waals surface area contributed by atoms with Gasteiger partial charge < -0.3 is 0 Å². The van der Waals surface area contributed by atoms with E-state index >= 15 is 0 Å². The van der Waals surface area contributed by atoms with Crippen molar-refractivity contribution in [3.05, 3.63) is 317 Å². The second-order valence-corrected chi connectivity index (χ2v) is 45.6. The Hall–Kier alpha value is -10.1. The normalized spacial score (nSPS) is 12.4. The molecule has 0 spiro atoms. The third-order valence-electron chi connectivity index (χ3n) is 22.3. The molecule has 0 saturated heterocycles. The van der Waals surface area contributed by atoms with E-state index < -0.39 is 0 Å². The molecule has 5 aromatic heterocycles. The molecule has 0 unspecified atom stereocenters. The first-order valence-corrected chi connectivity index (χ1v) is 44.1. The first-order chi connectivity index (χ1) is 56.1. The summed E-state index contributed by atoms with van der Waals surface area (Å²) >= 11 is 0. The van der Waals surface area contributed by atoms with Crippen molar-refractivity contribution in [3.8, 4) is 56.0 Å². The fourth-order valence-electron chi connectivity index (χ4n) is 14.2. The Labute approximate surface area is 753 Å². The number of pyridine rings is 3. The minimum Gasteiger partial charge on any atom is -0.260 e. The molecule has 0 aliphatic carbocycles. The minimum atomic E-state index is -0.00765. The molecule has 0 bridgehead atoms. The predicted molar refractivity (Wildman–Crippen MR) is 543 cm³/mol. The highest BCUT2D eigenvalue weighted by Gasteiger charge is 2.27. The topological polar surface area (TPSA) is 90.2 Å². The van der Waals surface area contributed by atoms with Gasteiger partial charge in [0.1, 0.15) is 0 Å². The van der Waals surface area contributed by atoms with Crippen LogP contribution in [0.3, 0.4) is 0 Å². The smallest absolute Gasteiger partial charge is 0.0922 e. The summed E-state index contributed by atoms with van der Waals surface area (Å²) in [4.78, 5) is 32.0. The van der Waals surface area contributed by atoms with E-state index in [1.54, 1.807) is 12.4 Å². The predicted octanol–water partition coefficient (Wildman–Crippen LogP) is 33.4. The van der Waals surface area contributed by atoms with Crippen LogP contribution in [0.25, 0.3) is 77.6 Å². The van der Waals surface area contributed by atoms with Gasteiger partial charge in [0.15, 0.2) is 0 Å². The van der Waals surface area contributed by atoms with Crippen molar-refractivity contribution in [2.45, 2.75) is 329 Å². The van der Waals surface area contributed by atoms with E-state index in [-0.39, 0.29) is 79.8 Å². The van der Waals surface area contributed by atoms with Crippen LogP contribution in [-0.4, -0.2) is 34.9 Å². The highest BCUT2D eigenvalue weighted by atomic mass is 14.8. The second kappa shape index (κ2) is 40.0. The summed E-state index contributed by atoms with van der Waals surface area (Å²) in [6, 6.07) is 74.7. The molecule has 7 nitrogen and oxygen atoms in total. The van der Waals surface area contributed by atoms with Crippen molar-refractivity contribution in [2.24, 2.45) is 0 Å². The first kappa shape index (κ1) is 103. The van der Waals surface area contributed by atoms with Gasteiger partial charge in [0.05, 0.1) is 40.4 Å². The Morgan fingerprint density at radius 2 is 0.484 bits per heavy atom. The van der Waals surface area contributed by atoms with Crippen LogP contribution in [-0.2, 0) is 65.0 Å². The lowest BCUT2D eigenvalue weighted by Crippen LogP contribution is -2.18. The lowest BCUT2D eigenvalue weighted by atomic mass is 9.81. The Bertz CT molecular complexity index is 5100. The summed E-state index contributed by atoms with van der Waals surface area (Å²) in [5.74, 6) is 0. The monoisotopic (exact) mass is 1660 g/mol. The van der Waals surface area contributed by atoms with E-state index in [1.807, 2.05) is 24.8 Å². The third-order valence-corrected chi connectivity index (χ3v) is 22.3. The quantitative estimate of drug-likeness (QED) is 0.170. The molecule has 124 heavy (non-hydrogen) atoms. The maximum Gasteiger partial charge on any atom is 0.0922 e. The molecule has 0 amide bonds. The van der Waals surface area contributed by atoms with Gasteiger partial charge in [-0.2, -0.15) is 0 Å². The van der Waals surface area contributed by atoms with Gasteiger partial charge in [0, 0.05) is 86.6 Å². The molecule has 13 rings (SSSR count). The number of fused-ring (bicyclic) bond motifs is 2. The van der Waals surface area contributed by atoms with Gasteiger partial charge in [-0.15, -0.1) is 0 Å². The van der Waals surface area contributed by atoms with Crippen LogP contribution in [0.15, 0.2) is 250 Å². The lowest BCUT2D eigenvalue weighted by molar-refractivity contribution is 0.556. The van der Waals surface area contributed by atoms with Crippen LogP contribution in [0.2, 0.25) is 0 Å². The fourth-order valence-corrected chi connectivity index (χ4v) is 14.2. The Balaban J connectivity index is 0.000000233. The number of hydrogen-bond donors (Lipinski definition) is 0. The van der Waals surface area contributed by atoms with Crippen LogP contribution >= 0.6 is 0 Å². The van der Waals surface area contributed by atoms with Gasteiger partial charge in [-0.25, -0.2) is 0 Å². The summed E-state index contributed by atoms with van der Waals surface area (Å²) in [6.07, 6.45) is 13.3. The van der Waals surface area contributed by atoms with Crippen LogP contribution in [0, 0.1) is 0 Å². The molecule has 7 heteroatoms. The second-order valence-electron chi connectivity index (χ2n) is 45.6. The number of nitrogens with zero attached hydrogens (tertiary/aromatic N) is 7. The summed E-state index contributed by atoms with van der Waals surface area (Å²) in [7, 11) is 0. The third kappa shape index (κ3) is 28.2. The van der Waals surface area contributed by atoms with Crippen LogP contribution in [0.1, 0.15) is 331 Å². The highest BCUT2D eigenvalue weighted by molar-refractivity contribution is 6.05. The minimum absolute atomic E-state index is 0. The average Bonchev–Trinajstić information content (AvgIpc) is 0.780. The van der Waals surface area contributed by atoms with Gasteiger partial charge in [0.25, 0.3) is 0 Å². The highest BCUT2D eigenvalue weighted by Crippen LogP contribution is 2.41. The van der Waals surface area contributed by atoms with Crippen molar-refractivity contribution in [2.75, 3.05) is 0 Å². The van der Waals surface area contributed by atoms with Gasteiger partial charge in [-0.05, 0) is 138 Å². The number of aromatic nitrogens is 7. The first-order valence-electron chi connectivity index (χ1n) is 44.1. The molecule has 0 saturated carbocycles. The van der Waals surface area contributed by atoms with Gasteiger partial charge in [-0.1, -0.05) is 458 Å². The SMILES string of the molecule is C.C.CC(C)(C)c1ccc(-c2ccc(-c3ccc(C(C)(C)C)cc3)c3ccccc23)cc1.CC(C)(C)c1ccc(-c2ccc(C(C)(C)C)cn2)cc1.CC(C)(C)c1ccc(-c2cnc(C(C)(C)C)cn2)cc1.CC(C)(C)c1ccc(-c2nccnc2C(C)(C)C)cc1.CC(C)(C)c1ccc(C(C)(C)C)nc1.CC(C)(C)c1cnc(C(C)(C)C)c2ccccc12. The average molecular weight is 1660 g/mol. The molecule has 0 fully saturated rings. The summed E-state index contributed by atoms with van der Waals surface area (Å²) in [6.45, 7) is 79.8. The van der Waals surface area contributed by atoms with Crippen molar-refractivity contribution in [1.29, 1.82) is 0 Å². The van der Waals surface area contributed by atoms with E-state index in [9.17, 15) is 0 Å². The van der Waals surface area contributed by atoms with Crippen molar-refractivity contribution in [3.63, 3.8) is 0 Å². The molecular weight excluding hydrogens is 1500 g/mol. The van der Waals surface area contributed by atoms with Crippen molar-refractivity contribution >= 4 is 21.5 Å². The molecule has 8 aromatic carbocycles. The zero-order valence-corrected chi connectivity index (χ0v) is 81.8. The Morgan fingerprint density at radius 3 is 0.798 bits per heavy atom. The summed E-state index contributed by atoms with van der Waals surface area (Å²) in [5.41, 5.74) is 28.2. The lowest BCUT2D eigenvalue weighted by Gasteiger charge is -2.25. The maximum absolute atomic E-state index is 4.74. The molecule has 0 radical (unpaired) electrons. The Kier molecular flexibility index (Phi) is 33.2. The van der Waals surface area contributed by atoms with Gasteiger partial charge in [-0.3, -0.25) is 34.9 Å². The van der Waals surface area contributed by atoms with Crippen LogP contribution < -0.4 is 0 Å². The zero-order valence-electron chi connectivity index (χ0n) is 81.8. The van der Waals surface area contributed by atoms with Crippen molar-refractivity contribution in [1.82, 2.24) is 34.9 Å². The van der Waals surface area contributed by atoms with Gasteiger partial charge in [0.2, 0.25) is 0 Å². The van der Waals surface area contributed by atoms with Gasteiger partial charge >= 0.3 is 0 Å². The Morgan fingerprint density at radius 1 is 0.177 bits per heavy atom. The van der Waals surface area contributed by atoms with E-state index in [0.717, 1.165) is 45.3 Å². The van der Waals surface area contributed by atoms with E-state index in [1.165, 1.54) is 99.6 Å². The molecule has 13 aromatic rings. The number of hydrogen-bond acceptors (Lipinski definition) is 7. The fraction of sp³-hybridized carbons (Fsp3) is 0.427.